The molecule has 0 unspecified atom stereocenters. The standard InChI is InChI=1S/C25H22N8O2/c1-2-14-33(24-21-20(8-5-13-26-21)27-23(28-24)25(34)35)15-16-9-11-17(12-10-16)18-6-3-4-7-19(18)22-29-31-32-30-22/h3-13H,2,14-15H2,1H3,(H,34,35)(H,29,30,31,32). The van der Waals surface area contributed by atoms with Crippen LogP contribution in [0.3, 0.4) is 0 Å². The number of H-pyrrole nitrogens is 1. The van der Waals surface area contributed by atoms with Crippen LogP contribution < -0.4 is 4.90 Å². The molecule has 0 spiro atoms. The number of carbonyl (C=O) groups is 1. The smallest absolute Gasteiger partial charge is 0.374 e. The first-order valence-electron chi connectivity index (χ1n) is 11.2. The van der Waals surface area contributed by atoms with Crippen molar-refractivity contribution in [2.75, 3.05) is 11.4 Å². The summed E-state index contributed by atoms with van der Waals surface area (Å²) < 4.78 is 0. The van der Waals surface area contributed by atoms with Gasteiger partial charge in [0.1, 0.15) is 5.52 Å². The van der Waals surface area contributed by atoms with Crippen LogP contribution in [0.5, 0.6) is 0 Å². The Morgan fingerprint density at radius 1 is 1.00 bits per heavy atom. The Morgan fingerprint density at radius 3 is 2.51 bits per heavy atom. The molecule has 2 N–H and O–H groups in total. The van der Waals surface area contributed by atoms with E-state index in [9.17, 15) is 9.90 Å². The number of nitrogens with one attached hydrogen (secondary N) is 1. The lowest BCUT2D eigenvalue weighted by Gasteiger charge is -2.24. The van der Waals surface area contributed by atoms with Gasteiger partial charge in [-0.1, -0.05) is 55.5 Å². The van der Waals surface area contributed by atoms with E-state index in [4.69, 9.17) is 0 Å². The lowest BCUT2D eigenvalue weighted by Crippen LogP contribution is -2.26. The third-order valence-electron chi connectivity index (χ3n) is 5.59. The number of benzene rings is 2. The second kappa shape index (κ2) is 9.64. The zero-order valence-electron chi connectivity index (χ0n) is 19.0. The fourth-order valence-electron chi connectivity index (χ4n) is 4.02. The molecule has 10 nitrogen and oxygen atoms in total. The molecule has 174 valence electrons. The molecule has 0 saturated carbocycles. The fourth-order valence-corrected chi connectivity index (χ4v) is 4.02. The van der Waals surface area contributed by atoms with Gasteiger partial charge in [0.15, 0.2) is 11.6 Å². The Hall–Kier alpha value is -4.73. The molecule has 2 aromatic carbocycles. The molecule has 0 radical (unpaired) electrons. The molecule has 0 fully saturated rings. The van der Waals surface area contributed by atoms with Crippen molar-refractivity contribution in [1.29, 1.82) is 0 Å². The maximum Gasteiger partial charge on any atom is 0.374 e. The quantitative estimate of drug-likeness (QED) is 0.348. The summed E-state index contributed by atoms with van der Waals surface area (Å²) in [6.07, 6.45) is 2.52. The van der Waals surface area contributed by atoms with Gasteiger partial charge in [-0.15, -0.1) is 5.10 Å². The Bertz CT molecular complexity index is 1470. The zero-order chi connectivity index (χ0) is 24.2. The molecule has 0 amide bonds. The summed E-state index contributed by atoms with van der Waals surface area (Å²) >= 11 is 0. The molecule has 3 heterocycles. The molecule has 0 saturated heterocycles. The molecule has 10 heteroatoms. The number of rotatable bonds is 8. The number of aromatic amines is 1. The molecule has 5 aromatic rings. The molecule has 35 heavy (non-hydrogen) atoms. The van der Waals surface area contributed by atoms with Crippen LogP contribution in [0, 0.1) is 0 Å². The maximum atomic E-state index is 11.6. The number of pyridine rings is 1. The van der Waals surface area contributed by atoms with E-state index in [0.29, 0.717) is 35.8 Å². The van der Waals surface area contributed by atoms with E-state index in [1.54, 1.807) is 18.3 Å². The van der Waals surface area contributed by atoms with Crippen molar-refractivity contribution in [2.45, 2.75) is 19.9 Å². The molecule has 0 aliphatic heterocycles. The van der Waals surface area contributed by atoms with Crippen LogP contribution in [-0.2, 0) is 6.54 Å². The molecule has 0 aliphatic carbocycles. The molecule has 0 atom stereocenters. The summed E-state index contributed by atoms with van der Waals surface area (Å²) in [4.78, 5) is 26.6. The van der Waals surface area contributed by atoms with Gasteiger partial charge in [0.25, 0.3) is 0 Å². The van der Waals surface area contributed by atoms with Gasteiger partial charge in [0.05, 0.1) is 5.52 Å². The number of anilines is 1. The van der Waals surface area contributed by atoms with Gasteiger partial charge in [-0.3, -0.25) is 4.98 Å². The minimum atomic E-state index is -1.17. The first-order valence-corrected chi connectivity index (χ1v) is 11.2. The molecule has 5 rings (SSSR count). The highest BCUT2D eigenvalue weighted by molar-refractivity contribution is 5.91. The van der Waals surface area contributed by atoms with Gasteiger partial charge in [-0.25, -0.2) is 19.9 Å². The van der Waals surface area contributed by atoms with Gasteiger partial charge in [0, 0.05) is 24.8 Å². The Morgan fingerprint density at radius 2 is 1.80 bits per heavy atom. The van der Waals surface area contributed by atoms with Crippen LogP contribution in [0.15, 0.2) is 66.9 Å². The second-order valence-electron chi connectivity index (χ2n) is 7.96. The van der Waals surface area contributed by atoms with Gasteiger partial charge in [-0.2, -0.15) is 0 Å². The van der Waals surface area contributed by atoms with Crippen molar-refractivity contribution in [3.05, 3.63) is 78.2 Å². The first-order chi connectivity index (χ1) is 17.1. The van der Waals surface area contributed by atoms with Gasteiger partial charge < -0.3 is 10.0 Å². The van der Waals surface area contributed by atoms with E-state index in [1.807, 2.05) is 29.2 Å². The van der Waals surface area contributed by atoms with Crippen LogP contribution >= 0.6 is 0 Å². The third kappa shape index (κ3) is 4.54. The highest BCUT2D eigenvalue weighted by Crippen LogP contribution is 2.30. The van der Waals surface area contributed by atoms with Crippen LogP contribution in [0.25, 0.3) is 33.5 Å². The Labute approximate surface area is 200 Å². The largest absolute Gasteiger partial charge is 0.475 e. The number of fused-ring (bicyclic) bond motifs is 1. The van der Waals surface area contributed by atoms with E-state index in [-0.39, 0.29) is 5.82 Å². The van der Waals surface area contributed by atoms with E-state index in [2.05, 4.69) is 66.8 Å². The highest BCUT2D eigenvalue weighted by atomic mass is 16.4. The predicted octanol–water partition coefficient (Wildman–Crippen LogP) is 3.99. The summed E-state index contributed by atoms with van der Waals surface area (Å²) in [5.41, 5.74) is 5.10. The van der Waals surface area contributed by atoms with E-state index >= 15 is 0 Å². The van der Waals surface area contributed by atoms with E-state index in [1.165, 1.54) is 0 Å². The molecular formula is C25H22N8O2. The van der Waals surface area contributed by atoms with Crippen molar-refractivity contribution in [2.24, 2.45) is 0 Å². The lowest BCUT2D eigenvalue weighted by molar-refractivity contribution is 0.0684. The topological polar surface area (TPSA) is 134 Å². The number of aromatic carboxylic acids is 1. The molecule has 0 bridgehead atoms. The number of hydrogen-bond acceptors (Lipinski definition) is 8. The number of aromatic nitrogens is 7. The van der Waals surface area contributed by atoms with Crippen molar-refractivity contribution in [1.82, 2.24) is 35.6 Å². The SMILES string of the molecule is CCCN(Cc1ccc(-c2ccccc2-c2nnn[nH]2)cc1)c1nc(C(=O)O)nc2cccnc12. The summed E-state index contributed by atoms with van der Waals surface area (Å²) in [5, 5.41) is 23.8. The number of carboxylic acid groups (broad SMARTS) is 1. The predicted molar refractivity (Wildman–Crippen MR) is 131 cm³/mol. The minimum Gasteiger partial charge on any atom is -0.475 e. The average molecular weight is 467 g/mol. The summed E-state index contributed by atoms with van der Waals surface area (Å²) in [7, 11) is 0. The number of hydrogen-bond donors (Lipinski definition) is 2. The van der Waals surface area contributed by atoms with Crippen LogP contribution in [-0.4, -0.2) is 53.2 Å². The highest BCUT2D eigenvalue weighted by Gasteiger charge is 2.19. The maximum absolute atomic E-state index is 11.6. The van der Waals surface area contributed by atoms with Gasteiger partial charge in [-0.05, 0) is 45.7 Å². The van der Waals surface area contributed by atoms with Crippen LogP contribution in [0.4, 0.5) is 5.82 Å². The minimum absolute atomic E-state index is 0.240. The molecule has 3 aromatic heterocycles. The fraction of sp³-hybridized carbons (Fsp3) is 0.160. The number of nitrogens with zero attached hydrogens (tertiary/aromatic N) is 7. The van der Waals surface area contributed by atoms with Gasteiger partial charge >= 0.3 is 5.97 Å². The van der Waals surface area contributed by atoms with E-state index < -0.39 is 5.97 Å². The second-order valence-corrected chi connectivity index (χ2v) is 7.96. The number of carboxylic acids is 1. The van der Waals surface area contributed by atoms with Crippen molar-refractivity contribution < 1.29 is 9.90 Å². The lowest BCUT2D eigenvalue weighted by atomic mass is 9.98. The van der Waals surface area contributed by atoms with Crippen molar-refractivity contribution in [3.63, 3.8) is 0 Å². The zero-order valence-corrected chi connectivity index (χ0v) is 19.0. The van der Waals surface area contributed by atoms with Gasteiger partial charge in [0.2, 0.25) is 5.82 Å². The Kier molecular flexibility index (Phi) is 6.08. The molecular weight excluding hydrogens is 444 g/mol. The van der Waals surface area contributed by atoms with Crippen LogP contribution in [0.1, 0.15) is 29.5 Å². The summed E-state index contributed by atoms with van der Waals surface area (Å²) in [6.45, 7) is 3.30. The Balaban J connectivity index is 1.48. The summed E-state index contributed by atoms with van der Waals surface area (Å²) in [5.74, 6) is -0.285. The third-order valence-corrected chi connectivity index (χ3v) is 5.59. The summed E-state index contributed by atoms with van der Waals surface area (Å²) in [6, 6.07) is 19.6. The normalized spacial score (nSPS) is 11.0. The molecule has 0 aliphatic rings. The van der Waals surface area contributed by atoms with Crippen molar-refractivity contribution in [3.8, 4) is 22.5 Å². The van der Waals surface area contributed by atoms with E-state index in [0.717, 1.165) is 28.7 Å². The van der Waals surface area contributed by atoms with Crippen LogP contribution in [0.2, 0.25) is 0 Å². The first kappa shape index (κ1) is 22.1. The number of tetrazole rings is 1. The van der Waals surface area contributed by atoms with Crippen molar-refractivity contribution >= 4 is 22.8 Å². The monoisotopic (exact) mass is 466 g/mol. The average Bonchev–Trinajstić information content (AvgIpc) is 3.43.